The molecule has 0 aromatic carbocycles. The number of hydrogen-bond donors (Lipinski definition) is 6. The summed E-state index contributed by atoms with van der Waals surface area (Å²) < 4.78 is 1.93. The first-order valence-electron chi connectivity index (χ1n) is 7.74. The van der Waals surface area contributed by atoms with Crippen molar-refractivity contribution < 1.29 is 39.6 Å². The first kappa shape index (κ1) is 27.1. The van der Waals surface area contributed by atoms with E-state index in [9.17, 15) is 19.2 Å². The van der Waals surface area contributed by atoms with Gasteiger partial charge in [-0.05, 0) is 12.8 Å². The molecule has 0 amide bonds. The summed E-state index contributed by atoms with van der Waals surface area (Å²) in [6.45, 7) is 0.666. The number of nitrogens with two attached hydrogens (primary N) is 2. The van der Waals surface area contributed by atoms with Crippen LogP contribution in [0.4, 0.5) is 0 Å². The summed E-state index contributed by atoms with van der Waals surface area (Å²) in [6, 6.07) is 0. The summed E-state index contributed by atoms with van der Waals surface area (Å²) in [4.78, 5) is 46.3. The summed E-state index contributed by atoms with van der Waals surface area (Å²) in [6.07, 6.45) is 7.85. The SMILES string of the molecule is Cn1cnc(CCCN=C(N)N)c1.O=C(O)/C=C\C(=O)O.O=C(O)/C=C\C(=O)O. The molecule has 1 aromatic rings. The number of imidazole rings is 1. The van der Waals surface area contributed by atoms with E-state index in [1.54, 1.807) is 6.33 Å². The Morgan fingerprint density at radius 1 is 0.966 bits per heavy atom. The molecule has 0 aliphatic carbocycles. The monoisotopic (exact) mass is 413 g/mol. The smallest absolute Gasteiger partial charge is 0.328 e. The molecule has 0 saturated carbocycles. The average Bonchev–Trinajstić information content (AvgIpc) is 3.01. The number of carboxylic acids is 4. The predicted octanol–water partition coefficient (Wildman–Crippen LogP) is -0.950. The van der Waals surface area contributed by atoms with Crippen LogP contribution in [-0.2, 0) is 32.6 Å². The van der Waals surface area contributed by atoms with Crippen LogP contribution in [0.15, 0.2) is 41.8 Å². The lowest BCUT2D eigenvalue weighted by molar-refractivity contribution is -0.134. The van der Waals surface area contributed by atoms with Gasteiger partial charge >= 0.3 is 23.9 Å². The number of aliphatic imine (C=N–C) groups is 1. The first-order chi connectivity index (χ1) is 13.4. The summed E-state index contributed by atoms with van der Waals surface area (Å²) in [5.41, 5.74) is 11.4. The summed E-state index contributed by atoms with van der Waals surface area (Å²) in [5.74, 6) is -4.87. The van der Waals surface area contributed by atoms with Gasteiger partial charge in [0, 0.05) is 44.1 Å². The summed E-state index contributed by atoms with van der Waals surface area (Å²) in [7, 11) is 1.95. The molecule has 8 N–H and O–H groups in total. The van der Waals surface area contributed by atoms with Crippen molar-refractivity contribution in [2.45, 2.75) is 12.8 Å². The number of carbonyl (C=O) groups is 4. The zero-order chi connectivity index (χ0) is 22.8. The quantitative estimate of drug-likeness (QED) is 0.131. The molecule has 160 valence electrons. The Kier molecular flexibility index (Phi) is 15.0. The molecule has 1 heterocycles. The third kappa shape index (κ3) is 23.8. The zero-order valence-electron chi connectivity index (χ0n) is 15.5. The number of rotatable bonds is 8. The third-order valence-electron chi connectivity index (χ3n) is 2.38. The fraction of sp³-hybridized carbons (Fsp3) is 0.250. The Bertz CT molecular complexity index is 697. The minimum absolute atomic E-state index is 0.154. The van der Waals surface area contributed by atoms with Gasteiger partial charge in [0.2, 0.25) is 0 Å². The number of aromatic nitrogens is 2. The lowest BCUT2D eigenvalue weighted by atomic mass is 10.2. The van der Waals surface area contributed by atoms with Gasteiger partial charge in [0.25, 0.3) is 0 Å². The highest BCUT2D eigenvalue weighted by molar-refractivity contribution is 5.90. The van der Waals surface area contributed by atoms with E-state index in [4.69, 9.17) is 31.9 Å². The minimum Gasteiger partial charge on any atom is -0.478 e. The van der Waals surface area contributed by atoms with Crippen molar-refractivity contribution in [3.63, 3.8) is 0 Å². The van der Waals surface area contributed by atoms with Gasteiger partial charge in [0.05, 0.1) is 12.0 Å². The summed E-state index contributed by atoms with van der Waals surface area (Å²) in [5, 5.41) is 31.2. The van der Waals surface area contributed by atoms with E-state index in [0.29, 0.717) is 30.8 Å². The van der Waals surface area contributed by atoms with Crippen molar-refractivity contribution in [1.82, 2.24) is 9.55 Å². The van der Waals surface area contributed by atoms with Crippen molar-refractivity contribution in [2.75, 3.05) is 6.54 Å². The molecule has 0 fully saturated rings. The molecule has 0 aliphatic rings. The lowest BCUT2D eigenvalue weighted by Crippen LogP contribution is -2.23. The van der Waals surface area contributed by atoms with Gasteiger partial charge in [-0.3, -0.25) is 4.99 Å². The van der Waals surface area contributed by atoms with Crippen molar-refractivity contribution in [2.24, 2.45) is 23.5 Å². The molecule has 1 aromatic heterocycles. The maximum atomic E-state index is 9.55. The molecule has 0 aliphatic heterocycles. The summed E-state index contributed by atoms with van der Waals surface area (Å²) >= 11 is 0. The van der Waals surface area contributed by atoms with Gasteiger partial charge in [-0.25, -0.2) is 24.2 Å². The molecule has 1 rings (SSSR count). The molecular formula is C16H23N5O8. The van der Waals surface area contributed by atoms with E-state index in [0.717, 1.165) is 18.5 Å². The first-order valence-corrected chi connectivity index (χ1v) is 7.74. The van der Waals surface area contributed by atoms with E-state index < -0.39 is 23.9 Å². The third-order valence-corrected chi connectivity index (χ3v) is 2.38. The fourth-order valence-corrected chi connectivity index (χ4v) is 1.35. The van der Waals surface area contributed by atoms with E-state index in [2.05, 4.69) is 9.98 Å². The maximum absolute atomic E-state index is 9.55. The largest absolute Gasteiger partial charge is 0.478 e. The number of carboxylic acid groups (broad SMARTS) is 4. The number of hydrogen-bond acceptors (Lipinski definition) is 6. The van der Waals surface area contributed by atoms with Gasteiger partial charge in [-0.2, -0.15) is 0 Å². The van der Waals surface area contributed by atoms with E-state index in [-0.39, 0.29) is 5.96 Å². The Morgan fingerprint density at radius 3 is 1.66 bits per heavy atom. The Hall–Kier alpha value is -4.16. The molecule has 0 radical (unpaired) electrons. The number of nitrogens with zero attached hydrogens (tertiary/aromatic N) is 3. The molecule has 0 atom stereocenters. The second kappa shape index (κ2) is 16.0. The van der Waals surface area contributed by atoms with Gasteiger partial charge in [-0.15, -0.1) is 0 Å². The van der Waals surface area contributed by atoms with Crippen LogP contribution in [0.25, 0.3) is 0 Å². The van der Waals surface area contributed by atoms with Crippen LogP contribution >= 0.6 is 0 Å². The molecule has 0 unspecified atom stereocenters. The number of aliphatic carboxylic acids is 4. The van der Waals surface area contributed by atoms with Crippen LogP contribution in [0.1, 0.15) is 12.1 Å². The van der Waals surface area contributed by atoms with Crippen LogP contribution in [0.2, 0.25) is 0 Å². The second-order valence-electron chi connectivity index (χ2n) is 4.96. The van der Waals surface area contributed by atoms with Crippen LogP contribution in [0, 0.1) is 0 Å². The molecule has 0 bridgehead atoms. The van der Waals surface area contributed by atoms with Crippen LogP contribution in [-0.4, -0.2) is 66.4 Å². The molecule has 13 nitrogen and oxygen atoms in total. The molecule has 0 saturated heterocycles. The normalized spacial score (nSPS) is 9.69. The van der Waals surface area contributed by atoms with E-state index >= 15 is 0 Å². The molecule has 29 heavy (non-hydrogen) atoms. The minimum atomic E-state index is -1.26. The highest BCUT2D eigenvalue weighted by Gasteiger charge is 1.95. The average molecular weight is 413 g/mol. The molecule has 0 spiro atoms. The maximum Gasteiger partial charge on any atom is 0.328 e. The van der Waals surface area contributed by atoms with E-state index in [1.165, 1.54) is 0 Å². The van der Waals surface area contributed by atoms with Crippen LogP contribution in [0.3, 0.4) is 0 Å². The van der Waals surface area contributed by atoms with Crippen LogP contribution in [0.5, 0.6) is 0 Å². The van der Waals surface area contributed by atoms with Crippen molar-refractivity contribution >= 4 is 29.8 Å². The van der Waals surface area contributed by atoms with Gasteiger partial charge in [0.1, 0.15) is 0 Å². The predicted molar refractivity (Wildman–Crippen MR) is 101 cm³/mol. The van der Waals surface area contributed by atoms with Gasteiger partial charge < -0.3 is 36.5 Å². The Morgan fingerprint density at radius 2 is 1.38 bits per heavy atom. The number of guanidine groups is 1. The molecular weight excluding hydrogens is 390 g/mol. The Labute approximate surface area is 165 Å². The number of aryl methyl sites for hydroxylation is 2. The molecule has 13 heteroatoms. The second-order valence-corrected chi connectivity index (χ2v) is 4.96. The standard InChI is InChI=1S/C8H15N5.2C4H4O4/c1-13-5-7(12-6-13)3-2-4-11-8(9)10;2*5-3(6)1-2-4(7)8/h5-6H,2-4H2,1H3,(H4,9,10,11);2*1-2H,(H,5,6)(H,7,8)/b;2*2-1-. The lowest BCUT2D eigenvalue weighted by Gasteiger charge is -1.94. The van der Waals surface area contributed by atoms with Gasteiger partial charge in [0.15, 0.2) is 5.96 Å². The zero-order valence-corrected chi connectivity index (χ0v) is 15.5. The van der Waals surface area contributed by atoms with Crippen molar-refractivity contribution in [1.29, 1.82) is 0 Å². The topological polar surface area (TPSA) is 231 Å². The van der Waals surface area contributed by atoms with Gasteiger partial charge in [-0.1, -0.05) is 0 Å². The Balaban J connectivity index is 0. The van der Waals surface area contributed by atoms with Crippen LogP contribution < -0.4 is 11.5 Å². The highest BCUT2D eigenvalue weighted by Crippen LogP contribution is 1.98. The fourth-order valence-electron chi connectivity index (χ4n) is 1.35. The highest BCUT2D eigenvalue weighted by atomic mass is 16.4. The van der Waals surface area contributed by atoms with E-state index in [1.807, 2.05) is 17.8 Å². The van der Waals surface area contributed by atoms with Crippen molar-refractivity contribution in [3.05, 3.63) is 42.5 Å². The van der Waals surface area contributed by atoms with Crippen molar-refractivity contribution in [3.8, 4) is 0 Å².